The van der Waals surface area contributed by atoms with E-state index in [9.17, 15) is 5.11 Å². The molecular weight excluding hydrogens is 244 g/mol. The van der Waals surface area contributed by atoms with Crippen molar-refractivity contribution < 1.29 is 9.84 Å². The van der Waals surface area contributed by atoms with Crippen molar-refractivity contribution in [3.05, 3.63) is 24.2 Å². The summed E-state index contributed by atoms with van der Waals surface area (Å²) in [5.41, 5.74) is 1.53. The van der Waals surface area contributed by atoms with Gasteiger partial charge in [0, 0.05) is 25.6 Å². The third-order valence-corrected chi connectivity index (χ3v) is 3.65. The maximum absolute atomic E-state index is 9.71. The van der Waals surface area contributed by atoms with E-state index in [2.05, 4.69) is 15.4 Å². The Hall–Kier alpha value is -1.66. The van der Waals surface area contributed by atoms with Gasteiger partial charge >= 0.3 is 0 Å². The van der Waals surface area contributed by atoms with Crippen molar-refractivity contribution in [1.82, 2.24) is 14.6 Å². The van der Waals surface area contributed by atoms with Crippen LogP contribution in [-0.4, -0.2) is 45.1 Å². The topological polar surface area (TPSA) is 71.7 Å². The van der Waals surface area contributed by atoms with Gasteiger partial charge in [-0.3, -0.25) is 0 Å². The Labute approximate surface area is 111 Å². The zero-order valence-electron chi connectivity index (χ0n) is 11.0. The van der Waals surface area contributed by atoms with E-state index >= 15 is 0 Å². The highest BCUT2D eigenvalue weighted by Gasteiger charge is 2.32. The lowest BCUT2D eigenvalue weighted by atomic mass is 9.91. The van der Waals surface area contributed by atoms with E-state index in [1.54, 1.807) is 10.7 Å². The van der Waals surface area contributed by atoms with Crippen LogP contribution >= 0.6 is 0 Å². The third-order valence-electron chi connectivity index (χ3n) is 3.65. The van der Waals surface area contributed by atoms with E-state index < -0.39 is 0 Å². The molecule has 0 bridgehead atoms. The number of aryl methyl sites for hydroxylation is 1. The van der Waals surface area contributed by atoms with Gasteiger partial charge in [0.25, 0.3) is 0 Å². The van der Waals surface area contributed by atoms with Gasteiger partial charge in [-0.25, -0.2) is 9.50 Å². The summed E-state index contributed by atoms with van der Waals surface area (Å²) < 4.78 is 7.17. The molecule has 6 nitrogen and oxygen atoms in total. The van der Waals surface area contributed by atoms with Crippen molar-refractivity contribution in [2.75, 3.05) is 25.1 Å². The van der Waals surface area contributed by atoms with E-state index in [0.717, 1.165) is 29.9 Å². The molecule has 3 rings (SSSR count). The average molecular weight is 262 g/mol. The molecule has 0 spiro atoms. The zero-order chi connectivity index (χ0) is 13.3. The van der Waals surface area contributed by atoms with Gasteiger partial charge in [0.15, 0.2) is 5.82 Å². The van der Waals surface area contributed by atoms with Gasteiger partial charge in [0.2, 0.25) is 0 Å². The monoisotopic (exact) mass is 262 g/mol. The standard InChI is InChI=1S/C13H18N4O2/c1-10-8-11-12(14-4-5-17(11)16-10)15-13(9-18)2-6-19-7-3-13/h4-5,8,18H,2-3,6-7,9H2,1H3,(H,14,15). The molecule has 1 saturated heterocycles. The molecule has 0 amide bonds. The second-order valence-corrected chi connectivity index (χ2v) is 5.07. The number of fused-ring (bicyclic) bond motifs is 1. The average Bonchev–Trinajstić information content (AvgIpc) is 2.81. The minimum absolute atomic E-state index is 0.0756. The molecule has 0 radical (unpaired) electrons. The minimum Gasteiger partial charge on any atom is -0.394 e. The van der Waals surface area contributed by atoms with Crippen LogP contribution in [-0.2, 0) is 4.74 Å². The SMILES string of the molecule is Cc1cc2c(NC3(CO)CCOCC3)nccn2n1. The molecular formula is C13H18N4O2. The van der Waals surface area contributed by atoms with Crippen LogP contribution in [0.2, 0.25) is 0 Å². The molecule has 102 valence electrons. The number of ether oxygens (including phenoxy) is 1. The highest BCUT2D eigenvalue weighted by atomic mass is 16.5. The fraction of sp³-hybridized carbons (Fsp3) is 0.538. The van der Waals surface area contributed by atoms with Crippen molar-refractivity contribution in [3.63, 3.8) is 0 Å². The Morgan fingerprint density at radius 3 is 3.00 bits per heavy atom. The third kappa shape index (κ3) is 2.29. The predicted octanol–water partition coefficient (Wildman–Crippen LogP) is 0.991. The first kappa shape index (κ1) is 12.4. The van der Waals surface area contributed by atoms with Crippen LogP contribution in [0.1, 0.15) is 18.5 Å². The fourth-order valence-corrected chi connectivity index (χ4v) is 2.48. The van der Waals surface area contributed by atoms with Crippen molar-refractivity contribution in [2.45, 2.75) is 25.3 Å². The summed E-state index contributed by atoms with van der Waals surface area (Å²) >= 11 is 0. The highest BCUT2D eigenvalue weighted by molar-refractivity contribution is 5.68. The van der Waals surface area contributed by atoms with E-state index in [1.807, 2.05) is 19.2 Å². The molecule has 1 aliphatic rings. The first-order valence-corrected chi connectivity index (χ1v) is 6.50. The molecule has 3 heterocycles. The second kappa shape index (κ2) is 4.79. The van der Waals surface area contributed by atoms with Crippen molar-refractivity contribution >= 4 is 11.3 Å². The highest BCUT2D eigenvalue weighted by Crippen LogP contribution is 2.26. The van der Waals surface area contributed by atoms with Crippen molar-refractivity contribution in [3.8, 4) is 0 Å². The molecule has 2 N–H and O–H groups in total. The summed E-state index contributed by atoms with van der Waals surface area (Å²) in [7, 11) is 0. The smallest absolute Gasteiger partial charge is 0.152 e. The van der Waals surface area contributed by atoms with E-state index in [-0.39, 0.29) is 12.1 Å². The van der Waals surface area contributed by atoms with Gasteiger partial charge in [-0.15, -0.1) is 0 Å². The largest absolute Gasteiger partial charge is 0.394 e. The summed E-state index contributed by atoms with van der Waals surface area (Å²) in [4.78, 5) is 4.38. The lowest BCUT2D eigenvalue weighted by molar-refractivity contribution is 0.0379. The molecule has 0 aromatic carbocycles. The summed E-state index contributed by atoms with van der Waals surface area (Å²) in [6.45, 7) is 3.35. The van der Waals surface area contributed by atoms with Crippen molar-refractivity contribution in [1.29, 1.82) is 0 Å². The number of aromatic nitrogens is 3. The van der Waals surface area contributed by atoms with Crippen LogP contribution in [0.4, 0.5) is 5.82 Å². The molecule has 1 aliphatic heterocycles. The van der Waals surface area contributed by atoms with Crippen LogP contribution in [0.3, 0.4) is 0 Å². The van der Waals surface area contributed by atoms with Gasteiger partial charge in [-0.2, -0.15) is 5.10 Å². The second-order valence-electron chi connectivity index (χ2n) is 5.07. The molecule has 0 saturated carbocycles. The number of hydrogen-bond acceptors (Lipinski definition) is 5. The summed E-state index contributed by atoms with van der Waals surface area (Å²) in [5, 5.41) is 17.5. The normalized spacial score (nSPS) is 18.6. The van der Waals surface area contributed by atoms with Gasteiger partial charge in [-0.1, -0.05) is 0 Å². The minimum atomic E-state index is -0.342. The Morgan fingerprint density at radius 1 is 1.47 bits per heavy atom. The maximum atomic E-state index is 9.71. The zero-order valence-corrected chi connectivity index (χ0v) is 11.0. The lowest BCUT2D eigenvalue weighted by Gasteiger charge is -2.36. The molecule has 0 unspecified atom stereocenters. The summed E-state index contributed by atoms with van der Waals surface area (Å²) in [6, 6.07) is 1.99. The first-order chi connectivity index (χ1) is 9.22. The Bertz CT molecular complexity index is 575. The van der Waals surface area contributed by atoms with Gasteiger partial charge in [-0.05, 0) is 25.8 Å². The van der Waals surface area contributed by atoms with Gasteiger partial charge in [0.1, 0.15) is 5.52 Å². The molecule has 2 aromatic rings. The van der Waals surface area contributed by atoms with Crippen LogP contribution in [0.5, 0.6) is 0 Å². The van der Waals surface area contributed by atoms with Gasteiger partial charge in [0.05, 0.1) is 17.8 Å². The molecule has 19 heavy (non-hydrogen) atoms. The summed E-state index contributed by atoms with van der Waals surface area (Å²) in [5.74, 6) is 0.763. The van der Waals surface area contributed by atoms with Crippen LogP contribution in [0, 0.1) is 6.92 Å². The number of hydrogen-bond donors (Lipinski definition) is 2. The molecule has 0 aliphatic carbocycles. The maximum Gasteiger partial charge on any atom is 0.152 e. The summed E-state index contributed by atoms with van der Waals surface area (Å²) in [6.07, 6.45) is 5.09. The first-order valence-electron chi connectivity index (χ1n) is 6.50. The molecule has 1 fully saturated rings. The number of aliphatic hydroxyl groups is 1. The fourth-order valence-electron chi connectivity index (χ4n) is 2.48. The van der Waals surface area contributed by atoms with E-state index in [0.29, 0.717) is 13.2 Å². The number of anilines is 1. The molecule has 0 atom stereocenters. The lowest BCUT2D eigenvalue weighted by Crippen LogP contribution is -2.47. The quantitative estimate of drug-likeness (QED) is 0.863. The number of nitrogens with one attached hydrogen (secondary N) is 1. The Morgan fingerprint density at radius 2 is 2.26 bits per heavy atom. The van der Waals surface area contributed by atoms with Gasteiger partial charge < -0.3 is 15.2 Å². The number of aliphatic hydroxyl groups excluding tert-OH is 1. The Kier molecular flexibility index (Phi) is 3.12. The molecule has 2 aromatic heterocycles. The number of nitrogens with zero attached hydrogens (tertiary/aromatic N) is 3. The van der Waals surface area contributed by atoms with Crippen LogP contribution < -0.4 is 5.32 Å². The van der Waals surface area contributed by atoms with Crippen molar-refractivity contribution in [2.24, 2.45) is 0 Å². The Balaban J connectivity index is 1.95. The predicted molar refractivity (Wildman–Crippen MR) is 71.2 cm³/mol. The van der Waals surface area contributed by atoms with Crippen LogP contribution in [0.25, 0.3) is 5.52 Å². The van der Waals surface area contributed by atoms with E-state index in [1.165, 1.54) is 0 Å². The van der Waals surface area contributed by atoms with Crippen LogP contribution in [0.15, 0.2) is 18.5 Å². The number of rotatable bonds is 3. The van der Waals surface area contributed by atoms with E-state index in [4.69, 9.17) is 4.74 Å². The molecule has 6 heteroatoms.